The highest BCUT2D eigenvalue weighted by Gasteiger charge is 2.48. The molecule has 3 amide bonds. The highest BCUT2D eigenvalue weighted by Crippen LogP contribution is 2.32. The van der Waals surface area contributed by atoms with Gasteiger partial charge < -0.3 is 11.1 Å². The number of carbonyl (C=O) groups excluding carboxylic acids is 2. The average Bonchev–Trinajstić information content (AvgIpc) is 2.62. The fourth-order valence-corrected chi connectivity index (χ4v) is 2.45. The molecule has 1 saturated heterocycles. The lowest BCUT2D eigenvalue weighted by Crippen LogP contribution is -2.41. The second-order valence-corrected chi connectivity index (χ2v) is 5.60. The summed E-state index contributed by atoms with van der Waals surface area (Å²) in [5.74, 6) is -0.311. The Morgan fingerprint density at radius 3 is 2.60 bits per heavy atom. The van der Waals surface area contributed by atoms with Crippen LogP contribution in [0.2, 0.25) is 10.0 Å². The van der Waals surface area contributed by atoms with Gasteiger partial charge in [0.1, 0.15) is 5.54 Å². The number of imide groups is 1. The van der Waals surface area contributed by atoms with E-state index in [9.17, 15) is 9.59 Å². The number of carbonyl (C=O) groups is 2. The molecule has 1 atom stereocenters. The summed E-state index contributed by atoms with van der Waals surface area (Å²) >= 11 is 11.8. The number of nitrogens with one attached hydrogen (secondary N) is 1. The van der Waals surface area contributed by atoms with Crippen molar-refractivity contribution in [3.63, 3.8) is 0 Å². The molecule has 3 N–H and O–H groups in total. The van der Waals surface area contributed by atoms with E-state index < -0.39 is 11.6 Å². The maximum Gasteiger partial charge on any atom is 0.325 e. The van der Waals surface area contributed by atoms with Crippen molar-refractivity contribution < 1.29 is 9.59 Å². The highest BCUT2D eigenvalue weighted by atomic mass is 35.5. The minimum absolute atomic E-state index is 0.304. The topological polar surface area (TPSA) is 75.4 Å². The van der Waals surface area contributed by atoms with E-state index >= 15 is 0 Å². The second-order valence-electron chi connectivity index (χ2n) is 4.78. The minimum Gasteiger partial charge on any atom is -0.330 e. The van der Waals surface area contributed by atoms with Crippen molar-refractivity contribution in [2.45, 2.75) is 18.9 Å². The van der Waals surface area contributed by atoms with E-state index in [1.807, 2.05) is 0 Å². The normalized spacial score (nSPS) is 22.3. The van der Waals surface area contributed by atoms with Gasteiger partial charge in [-0.1, -0.05) is 29.3 Å². The molecular weight excluding hydrogens is 301 g/mol. The molecule has 0 radical (unpaired) electrons. The maximum atomic E-state index is 12.5. The standard InChI is InChI=1S/C13H15Cl2N3O2/c1-13(8-3-4-9(14)10(15)7-8)11(19)18(6-2-5-16)12(20)17-13/h3-4,7H,2,5-6,16H2,1H3,(H,17,20). The van der Waals surface area contributed by atoms with Crippen LogP contribution < -0.4 is 11.1 Å². The summed E-state index contributed by atoms with van der Waals surface area (Å²) in [4.78, 5) is 25.6. The van der Waals surface area contributed by atoms with Gasteiger partial charge in [0.05, 0.1) is 10.0 Å². The van der Waals surface area contributed by atoms with Gasteiger partial charge in [-0.15, -0.1) is 0 Å². The van der Waals surface area contributed by atoms with E-state index in [1.165, 1.54) is 4.90 Å². The molecule has 1 aliphatic heterocycles. The molecule has 1 aromatic rings. The van der Waals surface area contributed by atoms with Crippen LogP contribution in [0.1, 0.15) is 18.9 Å². The van der Waals surface area contributed by atoms with Crippen molar-refractivity contribution >= 4 is 35.1 Å². The van der Waals surface area contributed by atoms with Gasteiger partial charge in [-0.3, -0.25) is 9.69 Å². The molecule has 5 nitrogen and oxygen atoms in total. The van der Waals surface area contributed by atoms with E-state index in [1.54, 1.807) is 25.1 Å². The SMILES string of the molecule is CC1(c2ccc(Cl)c(Cl)c2)NC(=O)N(CCCN)C1=O. The fraction of sp³-hybridized carbons (Fsp3) is 0.385. The Morgan fingerprint density at radius 1 is 1.30 bits per heavy atom. The van der Waals surface area contributed by atoms with Crippen molar-refractivity contribution in [1.82, 2.24) is 10.2 Å². The molecule has 2 rings (SSSR count). The molecule has 20 heavy (non-hydrogen) atoms. The molecule has 1 aromatic carbocycles. The third kappa shape index (κ3) is 2.49. The van der Waals surface area contributed by atoms with Crippen molar-refractivity contribution in [2.75, 3.05) is 13.1 Å². The summed E-state index contributed by atoms with van der Waals surface area (Å²) in [6.07, 6.45) is 0.566. The first-order chi connectivity index (χ1) is 9.40. The molecule has 1 aliphatic rings. The maximum absolute atomic E-state index is 12.5. The molecule has 108 valence electrons. The lowest BCUT2D eigenvalue weighted by atomic mass is 9.92. The van der Waals surface area contributed by atoms with Gasteiger partial charge in [-0.2, -0.15) is 0 Å². The number of nitrogens with two attached hydrogens (primary N) is 1. The van der Waals surface area contributed by atoms with Crippen LogP contribution in [0.15, 0.2) is 18.2 Å². The number of urea groups is 1. The van der Waals surface area contributed by atoms with Crippen LogP contribution in [-0.2, 0) is 10.3 Å². The Morgan fingerprint density at radius 2 is 2.00 bits per heavy atom. The number of amides is 3. The van der Waals surface area contributed by atoms with Gasteiger partial charge in [0, 0.05) is 6.54 Å². The van der Waals surface area contributed by atoms with Crippen LogP contribution in [-0.4, -0.2) is 29.9 Å². The van der Waals surface area contributed by atoms with Gasteiger partial charge in [0.15, 0.2) is 0 Å². The number of hydrogen-bond donors (Lipinski definition) is 2. The Bertz CT molecular complexity index is 565. The van der Waals surface area contributed by atoms with Gasteiger partial charge in [0.2, 0.25) is 0 Å². The van der Waals surface area contributed by atoms with E-state index in [0.717, 1.165) is 0 Å². The summed E-state index contributed by atoms with van der Waals surface area (Å²) in [5.41, 5.74) is 4.88. The Labute approximate surface area is 127 Å². The molecule has 1 unspecified atom stereocenters. The van der Waals surface area contributed by atoms with Gasteiger partial charge in [-0.05, 0) is 37.6 Å². The van der Waals surface area contributed by atoms with Crippen LogP contribution in [0, 0.1) is 0 Å². The van der Waals surface area contributed by atoms with Crippen molar-refractivity contribution in [3.8, 4) is 0 Å². The zero-order valence-corrected chi connectivity index (χ0v) is 12.5. The van der Waals surface area contributed by atoms with Gasteiger partial charge in [-0.25, -0.2) is 4.79 Å². The van der Waals surface area contributed by atoms with Crippen molar-refractivity contribution in [3.05, 3.63) is 33.8 Å². The molecule has 1 heterocycles. The summed E-state index contributed by atoms with van der Waals surface area (Å²) in [6.45, 7) is 2.37. The summed E-state index contributed by atoms with van der Waals surface area (Å²) < 4.78 is 0. The summed E-state index contributed by atoms with van der Waals surface area (Å²) in [6, 6.07) is 4.46. The lowest BCUT2D eigenvalue weighted by Gasteiger charge is -2.22. The van der Waals surface area contributed by atoms with Crippen molar-refractivity contribution in [2.24, 2.45) is 5.73 Å². The third-order valence-corrected chi connectivity index (χ3v) is 4.10. The first kappa shape index (κ1) is 15.1. The number of hydrogen-bond acceptors (Lipinski definition) is 3. The quantitative estimate of drug-likeness (QED) is 0.835. The number of halogens is 2. The van der Waals surface area contributed by atoms with Crippen LogP contribution in [0.25, 0.3) is 0 Å². The fourth-order valence-electron chi connectivity index (χ4n) is 2.15. The largest absolute Gasteiger partial charge is 0.330 e. The average molecular weight is 316 g/mol. The first-order valence-electron chi connectivity index (χ1n) is 6.20. The van der Waals surface area contributed by atoms with E-state index in [4.69, 9.17) is 28.9 Å². The van der Waals surface area contributed by atoms with Gasteiger partial charge >= 0.3 is 6.03 Å². The number of benzene rings is 1. The number of nitrogens with zero attached hydrogens (tertiary/aromatic N) is 1. The van der Waals surface area contributed by atoms with Crippen LogP contribution >= 0.6 is 23.2 Å². The second kappa shape index (κ2) is 5.60. The van der Waals surface area contributed by atoms with E-state index in [0.29, 0.717) is 35.1 Å². The Kier molecular flexibility index (Phi) is 4.22. The van der Waals surface area contributed by atoms with Gasteiger partial charge in [0.25, 0.3) is 5.91 Å². The summed E-state index contributed by atoms with van der Waals surface area (Å²) in [5, 5.41) is 3.44. The van der Waals surface area contributed by atoms with E-state index in [-0.39, 0.29) is 5.91 Å². The lowest BCUT2D eigenvalue weighted by molar-refractivity contribution is -0.131. The Hall–Kier alpha value is -1.30. The van der Waals surface area contributed by atoms with Crippen LogP contribution in [0.4, 0.5) is 4.79 Å². The Balaban J connectivity index is 2.33. The minimum atomic E-state index is -1.13. The molecule has 0 spiro atoms. The molecular formula is C13H15Cl2N3O2. The molecule has 0 aliphatic carbocycles. The van der Waals surface area contributed by atoms with Crippen LogP contribution in [0.3, 0.4) is 0 Å². The highest BCUT2D eigenvalue weighted by molar-refractivity contribution is 6.42. The molecule has 7 heteroatoms. The zero-order valence-electron chi connectivity index (χ0n) is 11.0. The monoisotopic (exact) mass is 315 g/mol. The van der Waals surface area contributed by atoms with Crippen molar-refractivity contribution in [1.29, 1.82) is 0 Å². The van der Waals surface area contributed by atoms with E-state index in [2.05, 4.69) is 5.32 Å². The predicted octanol–water partition coefficient (Wildman–Crippen LogP) is 2.11. The summed E-state index contributed by atoms with van der Waals surface area (Å²) in [7, 11) is 0. The zero-order chi connectivity index (χ0) is 14.9. The third-order valence-electron chi connectivity index (χ3n) is 3.36. The molecule has 0 saturated carbocycles. The molecule has 0 aromatic heterocycles. The first-order valence-corrected chi connectivity index (χ1v) is 6.95. The predicted molar refractivity (Wildman–Crippen MR) is 77.7 cm³/mol. The molecule has 1 fully saturated rings. The molecule has 0 bridgehead atoms. The smallest absolute Gasteiger partial charge is 0.325 e. The number of rotatable bonds is 4. The van der Waals surface area contributed by atoms with Crippen LogP contribution in [0.5, 0.6) is 0 Å².